The van der Waals surface area contributed by atoms with Gasteiger partial charge in [0.2, 0.25) is 5.91 Å². The van der Waals surface area contributed by atoms with E-state index in [9.17, 15) is 9.59 Å². The number of thiophene rings is 1. The lowest BCUT2D eigenvalue weighted by molar-refractivity contribution is -0.142. The molecule has 2 aromatic rings. The highest BCUT2D eigenvalue weighted by Gasteiger charge is 2.37. The van der Waals surface area contributed by atoms with Gasteiger partial charge in [0.15, 0.2) is 0 Å². The van der Waals surface area contributed by atoms with Gasteiger partial charge in [0.1, 0.15) is 11.0 Å². The fraction of sp³-hybridized carbons (Fsp3) is 0.357. The van der Waals surface area contributed by atoms with Crippen LogP contribution in [0.15, 0.2) is 22.2 Å². The molecule has 110 valence electrons. The van der Waals surface area contributed by atoms with Gasteiger partial charge in [-0.2, -0.15) is 11.3 Å². The van der Waals surface area contributed by atoms with Crippen molar-refractivity contribution in [2.75, 3.05) is 0 Å². The second-order valence-electron chi connectivity index (χ2n) is 5.05. The van der Waals surface area contributed by atoms with Gasteiger partial charge in [-0.05, 0) is 30.2 Å². The van der Waals surface area contributed by atoms with Gasteiger partial charge >= 0.3 is 5.97 Å². The fourth-order valence-corrected chi connectivity index (χ4v) is 3.64. The minimum Gasteiger partial charge on any atom is -0.480 e. The topological polar surface area (TPSA) is 79.3 Å². The van der Waals surface area contributed by atoms with E-state index < -0.39 is 12.0 Å². The molecule has 0 radical (unpaired) electrons. The molecule has 7 heteroatoms. The van der Waals surface area contributed by atoms with Crippen molar-refractivity contribution in [1.29, 1.82) is 0 Å². The summed E-state index contributed by atoms with van der Waals surface area (Å²) >= 11 is 3.09. The summed E-state index contributed by atoms with van der Waals surface area (Å²) in [5.74, 6) is -1.15. The average molecular weight is 322 g/mol. The molecular weight excluding hydrogens is 308 g/mol. The maximum atomic E-state index is 11.9. The number of nitrogens with zero attached hydrogens (tertiary/aromatic N) is 1. The first-order valence-corrected chi connectivity index (χ1v) is 8.45. The Balaban J connectivity index is 1.61. The maximum Gasteiger partial charge on any atom is 0.326 e. The molecule has 2 heterocycles. The van der Waals surface area contributed by atoms with Crippen LogP contribution in [0.25, 0.3) is 10.6 Å². The van der Waals surface area contributed by atoms with Crippen molar-refractivity contribution in [2.24, 2.45) is 5.92 Å². The van der Waals surface area contributed by atoms with Gasteiger partial charge in [0, 0.05) is 16.3 Å². The van der Waals surface area contributed by atoms with Crippen LogP contribution in [0.1, 0.15) is 18.5 Å². The predicted molar refractivity (Wildman–Crippen MR) is 81.4 cm³/mol. The molecule has 0 saturated heterocycles. The molecule has 1 aliphatic carbocycles. The van der Waals surface area contributed by atoms with Crippen LogP contribution >= 0.6 is 22.7 Å². The van der Waals surface area contributed by atoms with E-state index in [1.54, 1.807) is 11.3 Å². The van der Waals surface area contributed by atoms with Crippen molar-refractivity contribution in [3.8, 4) is 10.6 Å². The number of aromatic nitrogens is 1. The average Bonchev–Trinajstić information content (AvgIpc) is 2.94. The first-order valence-electron chi connectivity index (χ1n) is 6.62. The highest BCUT2D eigenvalue weighted by Crippen LogP contribution is 2.32. The van der Waals surface area contributed by atoms with Crippen LogP contribution < -0.4 is 5.32 Å². The Kier molecular flexibility index (Phi) is 4.03. The SMILES string of the molecule is O=C(Cc1csc(-c2ccsc2)n1)NC(C(=O)O)C1CC1. The molecule has 2 N–H and O–H groups in total. The van der Waals surface area contributed by atoms with Gasteiger partial charge in [0.05, 0.1) is 12.1 Å². The number of carboxylic acids is 1. The lowest BCUT2D eigenvalue weighted by Crippen LogP contribution is -2.43. The molecular formula is C14H14N2O3S2. The Morgan fingerprint density at radius 3 is 2.86 bits per heavy atom. The van der Waals surface area contributed by atoms with E-state index >= 15 is 0 Å². The van der Waals surface area contributed by atoms with E-state index in [0.29, 0.717) is 5.69 Å². The lowest BCUT2D eigenvalue weighted by atomic mass is 10.2. The van der Waals surface area contributed by atoms with E-state index in [2.05, 4.69) is 10.3 Å². The van der Waals surface area contributed by atoms with Crippen LogP contribution in [-0.2, 0) is 16.0 Å². The van der Waals surface area contributed by atoms with Crippen LogP contribution in [0.2, 0.25) is 0 Å². The number of aliphatic carboxylic acids is 1. The monoisotopic (exact) mass is 322 g/mol. The van der Waals surface area contributed by atoms with Gasteiger partial charge in [0.25, 0.3) is 0 Å². The second-order valence-corrected chi connectivity index (χ2v) is 6.69. The first-order chi connectivity index (χ1) is 10.1. The minimum absolute atomic E-state index is 0.0863. The van der Waals surface area contributed by atoms with E-state index in [0.717, 1.165) is 23.4 Å². The summed E-state index contributed by atoms with van der Waals surface area (Å²) in [7, 11) is 0. The normalized spacial score (nSPS) is 15.6. The summed E-state index contributed by atoms with van der Waals surface area (Å²) < 4.78 is 0. The number of carboxylic acid groups (broad SMARTS) is 1. The molecule has 5 nitrogen and oxygen atoms in total. The smallest absolute Gasteiger partial charge is 0.326 e. The van der Waals surface area contributed by atoms with Crippen LogP contribution in [0.3, 0.4) is 0 Å². The maximum absolute atomic E-state index is 11.9. The van der Waals surface area contributed by atoms with Crippen molar-refractivity contribution in [3.63, 3.8) is 0 Å². The van der Waals surface area contributed by atoms with Crippen LogP contribution in [0, 0.1) is 5.92 Å². The largest absolute Gasteiger partial charge is 0.480 e. The molecule has 0 aliphatic heterocycles. The molecule has 3 rings (SSSR count). The number of thiazole rings is 1. The van der Waals surface area contributed by atoms with Gasteiger partial charge in [-0.3, -0.25) is 4.79 Å². The Morgan fingerprint density at radius 1 is 1.43 bits per heavy atom. The van der Waals surface area contributed by atoms with Gasteiger partial charge < -0.3 is 10.4 Å². The molecule has 1 aliphatic rings. The minimum atomic E-state index is -0.955. The summed E-state index contributed by atoms with van der Waals surface area (Å²) in [5.41, 5.74) is 1.73. The Labute approximate surface area is 129 Å². The van der Waals surface area contributed by atoms with E-state index in [-0.39, 0.29) is 18.2 Å². The van der Waals surface area contributed by atoms with Crippen molar-refractivity contribution < 1.29 is 14.7 Å². The third-order valence-corrected chi connectivity index (χ3v) is 4.96. The zero-order valence-electron chi connectivity index (χ0n) is 11.1. The number of amides is 1. The zero-order valence-corrected chi connectivity index (χ0v) is 12.7. The third-order valence-electron chi connectivity index (χ3n) is 3.34. The molecule has 0 spiro atoms. The molecule has 0 bridgehead atoms. The van der Waals surface area contributed by atoms with Gasteiger partial charge in [-0.25, -0.2) is 9.78 Å². The van der Waals surface area contributed by atoms with Crippen molar-refractivity contribution >= 4 is 34.6 Å². The van der Waals surface area contributed by atoms with E-state index in [1.807, 2.05) is 22.2 Å². The summed E-state index contributed by atoms with van der Waals surface area (Å²) in [6.45, 7) is 0. The summed E-state index contributed by atoms with van der Waals surface area (Å²) in [4.78, 5) is 27.5. The molecule has 21 heavy (non-hydrogen) atoms. The van der Waals surface area contributed by atoms with E-state index in [1.165, 1.54) is 11.3 Å². The van der Waals surface area contributed by atoms with Crippen LogP contribution in [0.4, 0.5) is 0 Å². The van der Waals surface area contributed by atoms with Crippen LogP contribution in [-0.4, -0.2) is 28.0 Å². The zero-order chi connectivity index (χ0) is 14.8. The lowest BCUT2D eigenvalue weighted by Gasteiger charge is -2.12. The van der Waals surface area contributed by atoms with E-state index in [4.69, 9.17) is 5.11 Å². The molecule has 1 fully saturated rings. The molecule has 1 unspecified atom stereocenters. The summed E-state index contributed by atoms with van der Waals surface area (Å²) in [6.07, 6.45) is 1.86. The number of carbonyl (C=O) groups is 2. The first kappa shape index (κ1) is 14.2. The number of rotatable bonds is 6. The quantitative estimate of drug-likeness (QED) is 0.856. The molecule has 1 amide bonds. The number of nitrogens with one attached hydrogen (secondary N) is 1. The Bertz CT molecular complexity index is 647. The molecule has 1 saturated carbocycles. The summed E-state index contributed by atoms with van der Waals surface area (Å²) in [5, 5.41) is 18.4. The third kappa shape index (κ3) is 3.48. The number of hydrogen-bond acceptors (Lipinski definition) is 5. The standard InChI is InChI=1S/C14H14N2O3S2/c17-11(16-12(14(18)19)8-1-2-8)5-10-7-21-13(15-10)9-3-4-20-6-9/h3-4,6-8,12H,1-2,5H2,(H,16,17)(H,18,19). The Hall–Kier alpha value is -1.73. The molecule has 0 aromatic carbocycles. The number of hydrogen-bond donors (Lipinski definition) is 2. The Morgan fingerprint density at radius 2 is 2.24 bits per heavy atom. The molecule has 1 atom stereocenters. The molecule has 2 aromatic heterocycles. The van der Waals surface area contributed by atoms with Crippen molar-refractivity contribution in [3.05, 3.63) is 27.9 Å². The summed E-state index contributed by atoms with van der Waals surface area (Å²) in [6, 6.07) is 1.23. The van der Waals surface area contributed by atoms with Gasteiger partial charge in [-0.1, -0.05) is 0 Å². The predicted octanol–water partition coefficient (Wildman–Crippen LogP) is 2.39. The van der Waals surface area contributed by atoms with Crippen LogP contribution in [0.5, 0.6) is 0 Å². The van der Waals surface area contributed by atoms with Gasteiger partial charge in [-0.15, -0.1) is 11.3 Å². The second kappa shape index (κ2) is 5.95. The van der Waals surface area contributed by atoms with Crippen molar-refractivity contribution in [1.82, 2.24) is 10.3 Å². The fourth-order valence-electron chi connectivity index (χ4n) is 2.11. The van der Waals surface area contributed by atoms with Crippen molar-refractivity contribution in [2.45, 2.75) is 25.3 Å². The number of carbonyl (C=O) groups excluding carboxylic acids is 1. The highest BCUT2D eigenvalue weighted by atomic mass is 32.1. The highest BCUT2D eigenvalue weighted by molar-refractivity contribution is 7.14.